The second-order valence-electron chi connectivity index (χ2n) is 4.52. The van der Waals surface area contributed by atoms with Crippen LogP contribution in [-0.4, -0.2) is 52.6 Å². The number of nitrogens with zero attached hydrogens (tertiary/aromatic N) is 5. The standard InChI is InChI=1S/C13H26N5O3P/c1-6-17(7-2)11-14-12(18(8-3)9-4)16-13(15-11)22(19,20)21-10-5/h6-10H2,1-5H3,(H,19,20). The second kappa shape index (κ2) is 8.41. The van der Waals surface area contributed by atoms with Crippen LogP contribution in [0.3, 0.4) is 0 Å². The molecule has 0 spiro atoms. The smallest absolute Gasteiger partial charge is 0.341 e. The van der Waals surface area contributed by atoms with E-state index in [0.717, 1.165) is 0 Å². The minimum absolute atomic E-state index is 0.112. The first-order valence-corrected chi connectivity index (χ1v) is 9.24. The monoisotopic (exact) mass is 331 g/mol. The quantitative estimate of drug-likeness (QED) is 0.679. The topological polar surface area (TPSA) is 91.7 Å². The van der Waals surface area contributed by atoms with Crippen LogP contribution in [0.2, 0.25) is 0 Å². The molecule has 8 nitrogen and oxygen atoms in total. The lowest BCUT2D eigenvalue weighted by Gasteiger charge is -2.24. The summed E-state index contributed by atoms with van der Waals surface area (Å²) in [5.74, 6) is 0.789. The SMILES string of the molecule is CCOP(=O)(O)c1nc(N(CC)CC)nc(N(CC)CC)n1. The molecule has 9 heteroatoms. The predicted molar refractivity (Wildman–Crippen MR) is 88.0 cm³/mol. The van der Waals surface area contributed by atoms with Crippen molar-refractivity contribution in [2.45, 2.75) is 34.6 Å². The van der Waals surface area contributed by atoms with E-state index in [1.165, 1.54) is 0 Å². The Bertz CT molecular complexity index is 490. The number of hydrogen-bond acceptors (Lipinski definition) is 7. The van der Waals surface area contributed by atoms with Gasteiger partial charge in [0.05, 0.1) is 6.61 Å². The molecule has 1 heterocycles. The Labute approximate surface area is 132 Å². The summed E-state index contributed by atoms with van der Waals surface area (Å²) in [5, 5.41) is 0. The molecule has 0 saturated carbocycles. The number of aromatic nitrogens is 3. The summed E-state index contributed by atoms with van der Waals surface area (Å²) in [6.45, 7) is 12.5. The molecular weight excluding hydrogens is 305 g/mol. The summed E-state index contributed by atoms with van der Waals surface area (Å²) < 4.78 is 17.2. The van der Waals surface area contributed by atoms with Gasteiger partial charge >= 0.3 is 7.60 Å². The van der Waals surface area contributed by atoms with E-state index < -0.39 is 7.60 Å². The maximum atomic E-state index is 12.3. The first-order valence-electron chi connectivity index (χ1n) is 7.67. The summed E-state index contributed by atoms with van der Waals surface area (Å²) in [6.07, 6.45) is 0. The molecule has 1 atom stereocenters. The van der Waals surface area contributed by atoms with Gasteiger partial charge in [-0.2, -0.15) is 15.0 Å². The van der Waals surface area contributed by atoms with E-state index in [4.69, 9.17) is 4.52 Å². The molecule has 0 bridgehead atoms. The highest BCUT2D eigenvalue weighted by molar-refractivity contribution is 7.60. The third-order valence-corrected chi connectivity index (χ3v) is 4.56. The minimum atomic E-state index is -4.04. The zero-order chi connectivity index (χ0) is 16.8. The van der Waals surface area contributed by atoms with Gasteiger partial charge in [-0.3, -0.25) is 4.57 Å². The third-order valence-electron chi connectivity index (χ3n) is 3.25. The summed E-state index contributed by atoms with van der Waals surface area (Å²) in [5.41, 5.74) is -0.201. The van der Waals surface area contributed by atoms with E-state index in [2.05, 4.69) is 15.0 Å². The van der Waals surface area contributed by atoms with Crippen LogP contribution in [0, 0.1) is 0 Å². The highest BCUT2D eigenvalue weighted by Gasteiger charge is 2.29. The van der Waals surface area contributed by atoms with E-state index in [1.807, 2.05) is 37.5 Å². The van der Waals surface area contributed by atoms with Crippen molar-refractivity contribution in [3.8, 4) is 0 Å². The Morgan fingerprint density at radius 3 is 1.64 bits per heavy atom. The van der Waals surface area contributed by atoms with Crippen LogP contribution in [0.4, 0.5) is 11.9 Å². The molecule has 0 aliphatic rings. The van der Waals surface area contributed by atoms with Gasteiger partial charge in [0.15, 0.2) is 0 Å². The molecule has 1 aromatic heterocycles. The van der Waals surface area contributed by atoms with Gasteiger partial charge in [-0.05, 0) is 34.6 Å². The maximum absolute atomic E-state index is 12.3. The summed E-state index contributed by atoms with van der Waals surface area (Å²) in [6, 6.07) is 0. The fraction of sp³-hybridized carbons (Fsp3) is 0.769. The van der Waals surface area contributed by atoms with Crippen molar-refractivity contribution < 1.29 is 14.0 Å². The maximum Gasteiger partial charge on any atom is 0.396 e. The highest BCUT2D eigenvalue weighted by atomic mass is 31.2. The van der Waals surface area contributed by atoms with E-state index >= 15 is 0 Å². The largest absolute Gasteiger partial charge is 0.396 e. The number of hydrogen-bond donors (Lipinski definition) is 1. The van der Waals surface area contributed by atoms with Crippen molar-refractivity contribution >= 4 is 25.1 Å². The van der Waals surface area contributed by atoms with Gasteiger partial charge in [-0.15, -0.1) is 0 Å². The lowest BCUT2D eigenvalue weighted by Crippen LogP contribution is -2.32. The lowest BCUT2D eigenvalue weighted by molar-refractivity contribution is 0.282. The van der Waals surface area contributed by atoms with Crippen molar-refractivity contribution in [1.29, 1.82) is 0 Å². The van der Waals surface area contributed by atoms with Crippen LogP contribution < -0.4 is 15.4 Å². The van der Waals surface area contributed by atoms with Gasteiger partial charge in [0.25, 0.3) is 0 Å². The molecule has 1 rings (SSSR count). The molecule has 0 saturated heterocycles. The minimum Gasteiger partial charge on any atom is -0.341 e. The Morgan fingerprint density at radius 1 is 0.909 bits per heavy atom. The van der Waals surface area contributed by atoms with E-state index in [-0.39, 0.29) is 12.2 Å². The molecule has 126 valence electrons. The van der Waals surface area contributed by atoms with Gasteiger partial charge < -0.3 is 19.2 Å². The normalized spacial score (nSPS) is 13.7. The molecule has 1 N–H and O–H groups in total. The molecule has 0 fully saturated rings. The van der Waals surface area contributed by atoms with Crippen molar-refractivity contribution in [2.24, 2.45) is 0 Å². The van der Waals surface area contributed by atoms with E-state index in [1.54, 1.807) is 6.92 Å². The molecule has 0 radical (unpaired) electrons. The van der Waals surface area contributed by atoms with E-state index in [9.17, 15) is 9.46 Å². The Kier molecular flexibility index (Phi) is 7.19. The van der Waals surface area contributed by atoms with Crippen LogP contribution in [0.15, 0.2) is 0 Å². The highest BCUT2D eigenvalue weighted by Crippen LogP contribution is 2.39. The van der Waals surface area contributed by atoms with Crippen LogP contribution in [0.5, 0.6) is 0 Å². The third kappa shape index (κ3) is 4.38. The first kappa shape index (κ1) is 18.8. The lowest BCUT2D eigenvalue weighted by atomic mass is 10.5. The van der Waals surface area contributed by atoms with Crippen molar-refractivity contribution in [3.63, 3.8) is 0 Å². The predicted octanol–water partition coefficient (Wildman–Crippen LogP) is 1.41. The van der Waals surface area contributed by atoms with Crippen LogP contribution in [-0.2, 0) is 9.09 Å². The fourth-order valence-electron chi connectivity index (χ4n) is 2.00. The summed E-state index contributed by atoms with van der Waals surface area (Å²) >= 11 is 0. The molecule has 0 aromatic carbocycles. The molecule has 1 unspecified atom stereocenters. The summed E-state index contributed by atoms with van der Waals surface area (Å²) in [7, 11) is -4.04. The second-order valence-corrected chi connectivity index (χ2v) is 6.22. The molecule has 0 amide bonds. The molecule has 1 aromatic rings. The average molecular weight is 331 g/mol. The fourth-order valence-corrected chi connectivity index (χ4v) is 2.90. The molecule has 22 heavy (non-hydrogen) atoms. The van der Waals surface area contributed by atoms with Gasteiger partial charge in [0.1, 0.15) is 0 Å². The molecule has 0 aliphatic heterocycles. The van der Waals surface area contributed by atoms with Crippen LogP contribution >= 0.6 is 7.60 Å². The van der Waals surface area contributed by atoms with Crippen molar-refractivity contribution in [3.05, 3.63) is 0 Å². The number of rotatable bonds is 9. The van der Waals surface area contributed by atoms with Gasteiger partial charge in [-0.1, -0.05) is 0 Å². The molecular formula is C13H26N5O3P. The number of anilines is 2. The van der Waals surface area contributed by atoms with Gasteiger partial charge in [0.2, 0.25) is 17.5 Å². The van der Waals surface area contributed by atoms with Crippen molar-refractivity contribution in [2.75, 3.05) is 42.6 Å². The zero-order valence-electron chi connectivity index (χ0n) is 14.0. The van der Waals surface area contributed by atoms with E-state index in [0.29, 0.717) is 38.1 Å². The van der Waals surface area contributed by atoms with Crippen LogP contribution in [0.1, 0.15) is 34.6 Å². The zero-order valence-corrected chi connectivity index (χ0v) is 14.9. The Morgan fingerprint density at radius 2 is 1.32 bits per heavy atom. The van der Waals surface area contributed by atoms with Gasteiger partial charge in [-0.25, -0.2) is 0 Å². The van der Waals surface area contributed by atoms with Gasteiger partial charge in [0, 0.05) is 26.2 Å². The Hall–Kier alpha value is -1.24. The summed E-state index contributed by atoms with van der Waals surface area (Å²) in [4.78, 5) is 26.6. The Balaban J connectivity index is 3.41. The average Bonchev–Trinajstić information content (AvgIpc) is 2.49. The molecule has 0 aliphatic carbocycles. The van der Waals surface area contributed by atoms with Crippen molar-refractivity contribution in [1.82, 2.24) is 15.0 Å². The first-order chi connectivity index (χ1) is 10.4. The van der Waals surface area contributed by atoms with Crippen LogP contribution in [0.25, 0.3) is 0 Å².